The number of piperidine rings is 1. The van der Waals surface area contributed by atoms with Crippen LogP contribution in [-0.2, 0) is 9.53 Å². The number of nitro benzene ring substituents is 1. The van der Waals surface area contributed by atoms with Gasteiger partial charge in [-0.2, -0.15) is 0 Å². The van der Waals surface area contributed by atoms with Crippen molar-refractivity contribution in [2.75, 3.05) is 33.4 Å². The number of amides is 1. The Kier molecular flexibility index (Phi) is 6.76. The highest BCUT2D eigenvalue weighted by Gasteiger charge is 2.27. The fraction of sp³-hybridized carbons (Fsp3) is 0.529. The van der Waals surface area contributed by atoms with Crippen molar-refractivity contribution in [3.8, 4) is 11.5 Å². The van der Waals surface area contributed by atoms with Gasteiger partial charge in [0.1, 0.15) is 5.56 Å². The number of nitrogens with zero attached hydrogens (tertiary/aromatic N) is 2. The Morgan fingerprint density at radius 1 is 1.19 bits per heavy atom. The number of nitro groups is 1. The van der Waals surface area contributed by atoms with Gasteiger partial charge in [-0.15, -0.1) is 0 Å². The number of hydrogen-bond acceptors (Lipinski definition) is 7. The van der Waals surface area contributed by atoms with E-state index in [1.807, 2.05) is 0 Å². The molecule has 0 radical (unpaired) electrons. The van der Waals surface area contributed by atoms with Gasteiger partial charge < -0.3 is 19.1 Å². The highest BCUT2D eigenvalue weighted by molar-refractivity contribution is 5.96. The van der Waals surface area contributed by atoms with E-state index in [4.69, 9.17) is 14.2 Å². The van der Waals surface area contributed by atoms with Crippen molar-refractivity contribution in [3.63, 3.8) is 0 Å². The average Bonchev–Trinajstić information content (AvgIpc) is 2.66. The summed E-state index contributed by atoms with van der Waals surface area (Å²) in [6.07, 6.45) is 2.91. The molecule has 1 aliphatic heterocycles. The second-order valence-corrected chi connectivity index (χ2v) is 5.73. The Morgan fingerprint density at radius 3 is 2.46 bits per heavy atom. The maximum Gasteiger partial charge on any atom is 0.345 e. The summed E-state index contributed by atoms with van der Waals surface area (Å²) in [6.45, 7) is 2.83. The molecule has 9 heteroatoms. The van der Waals surface area contributed by atoms with Gasteiger partial charge in [0.15, 0.2) is 18.1 Å². The van der Waals surface area contributed by atoms with E-state index in [0.717, 1.165) is 25.3 Å². The van der Waals surface area contributed by atoms with E-state index in [0.29, 0.717) is 13.1 Å². The van der Waals surface area contributed by atoms with Crippen LogP contribution in [0.15, 0.2) is 12.1 Å². The molecule has 26 heavy (non-hydrogen) atoms. The van der Waals surface area contributed by atoms with Crippen LogP contribution < -0.4 is 9.47 Å². The van der Waals surface area contributed by atoms with Crippen LogP contribution in [0.1, 0.15) is 36.5 Å². The largest absolute Gasteiger partial charge is 0.493 e. The number of methoxy groups -OCH3 is 1. The van der Waals surface area contributed by atoms with Crippen LogP contribution >= 0.6 is 0 Å². The molecule has 1 aromatic carbocycles. The molecular weight excluding hydrogens is 344 g/mol. The first-order valence-corrected chi connectivity index (χ1v) is 8.42. The lowest BCUT2D eigenvalue weighted by Gasteiger charge is -2.26. The van der Waals surface area contributed by atoms with Crippen molar-refractivity contribution in [2.45, 2.75) is 26.2 Å². The Morgan fingerprint density at radius 2 is 1.88 bits per heavy atom. The summed E-state index contributed by atoms with van der Waals surface area (Å²) in [5.41, 5.74) is -0.758. The van der Waals surface area contributed by atoms with Gasteiger partial charge >= 0.3 is 5.97 Å². The van der Waals surface area contributed by atoms with Crippen molar-refractivity contribution in [1.82, 2.24) is 4.90 Å². The molecule has 0 spiro atoms. The van der Waals surface area contributed by atoms with Gasteiger partial charge in [-0.1, -0.05) is 0 Å². The molecule has 142 valence electrons. The first kappa shape index (κ1) is 19.5. The van der Waals surface area contributed by atoms with Crippen LogP contribution in [0.25, 0.3) is 0 Å². The molecule has 1 amide bonds. The molecule has 2 rings (SSSR count). The number of rotatable bonds is 7. The molecule has 1 saturated heterocycles. The highest BCUT2D eigenvalue weighted by atomic mass is 16.6. The zero-order chi connectivity index (χ0) is 19.1. The van der Waals surface area contributed by atoms with Gasteiger partial charge in [-0.3, -0.25) is 14.9 Å². The second-order valence-electron chi connectivity index (χ2n) is 5.73. The van der Waals surface area contributed by atoms with Crippen molar-refractivity contribution < 1.29 is 28.7 Å². The van der Waals surface area contributed by atoms with Crippen LogP contribution in [0.3, 0.4) is 0 Å². The van der Waals surface area contributed by atoms with Crippen LogP contribution in [-0.4, -0.2) is 55.1 Å². The van der Waals surface area contributed by atoms with E-state index in [1.54, 1.807) is 11.8 Å². The van der Waals surface area contributed by atoms with Gasteiger partial charge in [0.05, 0.1) is 24.7 Å². The van der Waals surface area contributed by atoms with Gasteiger partial charge in [-0.05, 0) is 26.2 Å². The standard InChI is InChI=1S/C17H22N2O7/c1-3-25-15-9-12(13(19(22)23)10-14(15)24-2)17(21)26-11-16(20)18-7-5-4-6-8-18/h9-10H,3-8,11H2,1-2H3. The molecular formula is C17H22N2O7. The van der Waals surface area contributed by atoms with Crippen LogP contribution in [0.5, 0.6) is 11.5 Å². The number of hydrogen-bond donors (Lipinski definition) is 0. The molecule has 1 aromatic rings. The number of benzene rings is 1. The molecule has 0 unspecified atom stereocenters. The predicted molar refractivity (Wildman–Crippen MR) is 91.5 cm³/mol. The minimum atomic E-state index is -0.953. The van der Waals surface area contributed by atoms with E-state index in [1.165, 1.54) is 13.2 Å². The third kappa shape index (κ3) is 4.62. The second kappa shape index (κ2) is 9.02. The Labute approximate surface area is 151 Å². The van der Waals surface area contributed by atoms with Crippen LogP contribution in [0.2, 0.25) is 0 Å². The third-order valence-corrected chi connectivity index (χ3v) is 4.03. The number of ether oxygens (including phenoxy) is 3. The van der Waals surface area contributed by atoms with Gasteiger partial charge in [-0.25, -0.2) is 4.79 Å². The minimum absolute atomic E-state index is 0.138. The summed E-state index contributed by atoms with van der Waals surface area (Å²) in [7, 11) is 1.34. The van der Waals surface area contributed by atoms with Crippen LogP contribution in [0, 0.1) is 10.1 Å². The summed E-state index contributed by atoms with van der Waals surface area (Å²) in [5.74, 6) is -0.931. The molecule has 1 heterocycles. The lowest BCUT2D eigenvalue weighted by atomic mass is 10.1. The summed E-state index contributed by atoms with van der Waals surface area (Å²) in [5, 5.41) is 11.3. The predicted octanol–water partition coefficient (Wildman–Crippen LogP) is 2.17. The number of esters is 1. The normalized spacial score (nSPS) is 13.8. The summed E-state index contributed by atoms with van der Waals surface area (Å²) < 4.78 is 15.4. The number of carbonyl (C=O) groups excluding carboxylic acids is 2. The average molecular weight is 366 g/mol. The van der Waals surface area contributed by atoms with Crippen molar-refractivity contribution in [3.05, 3.63) is 27.8 Å². The smallest absolute Gasteiger partial charge is 0.345 e. The summed E-state index contributed by atoms with van der Waals surface area (Å²) in [4.78, 5) is 36.6. The maximum atomic E-state index is 12.3. The van der Waals surface area contributed by atoms with E-state index in [9.17, 15) is 19.7 Å². The Bertz CT molecular complexity index is 684. The van der Waals surface area contributed by atoms with Gasteiger partial charge in [0, 0.05) is 19.2 Å². The molecule has 1 aliphatic rings. The number of carbonyl (C=O) groups is 2. The zero-order valence-corrected chi connectivity index (χ0v) is 14.9. The number of likely N-dealkylation sites (tertiary alicyclic amines) is 1. The summed E-state index contributed by atoms with van der Waals surface area (Å²) >= 11 is 0. The maximum absolute atomic E-state index is 12.3. The third-order valence-electron chi connectivity index (χ3n) is 4.03. The van der Waals surface area contributed by atoms with E-state index in [-0.39, 0.29) is 29.6 Å². The molecule has 0 atom stereocenters. The Balaban J connectivity index is 2.16. The quantitative estimate of drug-likeness (QED) is 0.413. The lowest BCUT2D eigenvalue weighted by Crippen LogP contribution is -2.38. The molecule has 0 aliphatic carbocycles. The fourth-order valence-electron chi connectivity index (χ4n) is 2.73. The van der Waals surface area contributed by atoms with E-state index < -0.39 is 23.2 Å². The fourth-order valence-corrected chi connectivity index (χ4v) is 2.73. The minimum Gasteiger partial charge on any atom is -0.493 e. The van der Waals surface area contributed by atoms with Crippen LogP contribution in [0.4, 0.5) is 5.69 Å². The molecule has 0 N–H and O–H groups in total. The highest BCUT2D eigenvalue weighted by Crippen LogP contribution is 2.35. The van der Waals surface area contributed by atoms with Gasteiger partial charge in [0.25, 0.3) is 11.6 Å². The van der Waals surface area contributed by atoms with Crippen molar-refractivity contribution in [1.29, 1.82) is 0 Å². The van der Waals surface area contributed by atoms with E-state index in [2.05, 4.69) is 0 Å². The molecule has 0 bridgehead atoms. The summed E-state index contributed by atoms with van der Waals surface area (Å²) in [6, 6.07) is 2.31. The SMILES string of the molecule is CCOc1cc(C(=O)OCC(=O)N2CCCCC2)c([N+](=O)[O-])cc1OC. The van der Waals surface area contributed by atoms with E-state index >= 15 is 0 Å². The topological polar surface area (TPSA) is 108 Å². The molecule has 0 saturated carbocycles. The first-order chi connectivity index (χ1) is 12.5. The van der Waals surface area contributed by atoms with Crippen molar-refractivity contribution >= 4 is 17.6 Å². The molecule has 1 fully saturated rings. The Hall–Kier alpha value is -2.84. The van der Waals surface area contributed by atoms with Gasteiger partial charge in [0.2, 0.25) is 0 Å². The molecule has 9 nitrogen and oxygen atoms in total. The van der Waals surface area contributed by atoms with Crippen molar-refractivity contribution in [2.24, 2.45) is 0 Å². The lowest BCUT2D eigenvalue weighted by molar-refractivity contribution is -0.385. The first-order valence-electron chi connectivity index (χ1n) is 8.42. The zero-order valence-electron chi connectivity index (χ0n) is 14.9. The molecule has 0 aromatic heterocycles. The monoisotopic (exact) mass is 366 g/mol.